The number of benzene rings is 2. The first kappa shape index (κ1) is 20.6. The number of nitrogens with one attached hydrogen (secondary N) is 2. The molecule has 8 heteroatoms. The van der Waals surface area contributed by atoms with Crippen LogP contribution in [0.2, 0.25) is 0 Å². The van der Waals surface area contributed by atoms with Crippen LogP contribution in [0.3, 0.4) is 0 Å². The molecule has 0 spiro atoms. The summed E-state index contributed by atoms with van der Waals surface area (Å²) in [6, 6.07) is 19.0. The molecule has 4 aromatic rings. The standard InChI is InChI=1S/C25H20FN5O2/c26-17-8-6-15(7-9-17)25(27)31-21-12-16(10-11-28-21)23-24(29-18-4-2-1-3-5-18)22-19(30-23)13-33-14-20(22)32/h1-12,29-30H,13-14H2,(H2,27,28,31). The smallest absolute Gasteiger partial charge is 0.192 e. The van der Waals surface area contributed by atoms with Crippen molar-refractivity contribution in [1.29, 1.82) is 0 Å². The van der Waals surface area contributed by atoms with Gasteiger partial charge in [0.1, 0.15) is 18.3 Å². The van der Waals surface area contributed by atoms with Crippen LogP contribution in [0.25, 0.3) is 11.3 Å². The molecule has 3 heterocycles. The molecule has 0 saturated carbocycles. The highest BCUT2D eigenvalue weighted by atomic mass is 19.1. The lowest BCUT2D eigenvalue weighted by Gasteiger charge is -2.14. The number of carbonyl (C=O) groups excluding carboxylic acids is 1. The van der Waals surface area contributed by atoms with Crippen molar-refractivity contribution < 1.29 is 13.9 Å². The quantitative estimate of drug-likeness (QED) is 0.307. The van der Waals surface area contributed by atoms with Gasteiger partial charge in [0.15, 0.2) is 11.6 Å². The van der Waals surface area contributed by atoms with Crippen molar-refractivity contribution in [2.75, 3.05) is 11.9 Å². The van der Waals surface area contributed by atoms with E-state index in [0.29, 0.717) is 34.9 Å². The van der Waals surface area contributed by atoms with Crippen LogP contribution >= 0.6 is 0 Å². The lowest BCUT2D eigenvalue weighted by molar-refractivity contribution is 0.0660. The number of amidine groups is 1. The predicted octanol–water partition coefficient (Wildman–Crippen LogP) is 4.71. The summed E-state index contributed by atoms with van der Waals surface area (Å²) in [6.45, 7) is 0.353. The second kappa shape index (κ2) is 8.68. The maximum atomic E-state index is 13.2. The highest BCUT2D eigenvalue weighted by Gasteiger charge is 2.27. The van der Waals surface area contributed by atoms with Gasteiger partial charge in [0.2, 0.25) is 0 Å². The molecule has 5 rings (SSSR count). The summed E-state index contributed by atoms with van der Waals surface area (Å²) in [5.74, 6) is 0.163. The number of fused-ring (bicyclic) bond motifs is 1. The van der Waals surface area contributed by atoms with Gasteiger partial charge in [-0.3, -0.25) is 4.79 Å². The number of carbonyl (C=O) groups is 1. The highest BCUT2D eigenvalue weighted by Crippen LogP contribution is 2.38. The second-order valence-corrected chi connectivity index (χ2v) is 7.54. The molecule has 0 amide bonds. The third-order valence-electron chi connectivity index (χ3n) is 5.29. The second-order valence-electron chi connectivity index (χ2n) is 7.54. The maximum Gasteiger partial charge on any atom is 0.192 e. The Morgan fingerprint density at radius 2 is 1.88 bits per heavy atom. The van der Waals surface area contributed by atoms with Crippen molar-refractivity contribution in [2.45, 2.75) is 6.61 Å². The molecule has 0 bridgehead atoms. The van der Waals surface area contributed by atoms with E-state index in [1.54, 1.807) is 24.4 Å². The van der Waals surface area contributed by atoms with E-state index in [0.717, 1.165) is 16.9 Å². The fraction of sp³-hybridized carbons (Fsp3) is 0.0800. The van der Waals surface area contributed by atoms with Gasteiger partial charge in [-0.05, 0) is 48.5 Å². The van der Waals surface area contributed by atoms with Gasteiger partial charge in [0.05, 0.1) is 29.2 Å². The number of aromatic nitrogens is 2. The molecule has 164 valence electrons. The Balaban J connectivity index is 1.56. The van der Waals surface area contributed by atoms with Crippen LogP contribution in [0.5, 0.6) is 0 Å². The summed E-state index contributed by atoms with van der Waals surface area (Å²) in [4.78, 5) is 24.7. The molecule has 33 heavy (non-hydrogen) atoms. The average molecular weight is 441 g/mol. The molecular formula is C25H20FN5O2. The lowest BCUT2D eigenvalue weighted by Crippen LogP contribution is -2.18. The normalized spacial score (nSPS) is 13.6. The number of pyridine rings is 1. The van der Waals surface area contributed by atoms with Crippen LogP contribution < -0.4 is 11.1 Å². The minimum atomic E-state index is -0.348. The summed E-state index contributed by atoms with van der Waals surface area (Å²) < 4.78 is 18.6. The molecule has 0 fully saturated rings. The van der Waals surface area contributed by atoms with Crippen LogP contribution in [-0.4, -0.2) is 28.2 Å². The van der Waals surface area contributed by atoms with E-state index in [1.807, 2.05) is 36.4 Å². The van der Waals surface area contributed by atoms with Gasteiger partial charge in [-0.15, -0.1) is 0 Å². The Morgan fingerprint density at radius 3 is 2.67 bits per heavy atom. The number of aliphatic imine (C=N–C) groups is 1. The number of rotatable bonds is 5. The Kier molecular flexibility index (Phi) is 5.42. The molecular weight excluding hydrogens is 421 g/mol. The molecule has 0 saturated heterocycles. The number of ether oxygens (including phenoxy) is 1. The number of ketones is 1. The summed E-state index contributed by atoms with van der Waals surface area (Å²) in [5, 5.41) is 3.38. The number of halogens is 1. The third-order valence-corrected chi connectivity index (χ3v) is 5.29. The van der Waals surface area contributed by atoms with Crippen LogP contribution in [0.1, 0.15) is 21.6 Å². The number of anilines is 2. The van der Waals surface area contributed by atoms with Crippen molar-refractivity contribution in [1.82, 2.24) is 9.97 Å². The van der Waals surface area contributed by atoms with E-state index in [1.165, 1.54) is 12.1 Å². The molecule has 2 aromatic heterocycles. The SMILES string of the molecule is NC(=Nc1cc(-c2[nH]c3c(c2Nc2ccccc2)C(=O)COC3)ccn1)c1ccc(F)cc1. The van der Waals surface area contributed by atoms with Crippen molar-refractivity contribution in [3.63, 3.8) is 0 Å². The molecule has 4 N–H and O–H groups in total. The predicted molar refractivity (Wildman–Crippen MR) is 125 cm³/mol. The molecule has 7 nitrogen and oxygen atoms in total. The zero-order chi connectivity index (χ0) is 22.8. The van der Waals surface area contributed by atoms with E-state index in [-0.39, 0.29) is 24.0 Å². The number of nitrogens with zero attached hydrogens (tertiary/aromatic N) is 2. The molecule has 0 atom stereocenters. The highest BCUT2D eigenvalue weighted by molar-refractivity contribution is 6.08. The molecule has 0 radical (unpaired) electrons. The first-order valence-electron chi connectivity index (χ1n) is 10.3. The zero-order valence-electron chi connectivity index (χ0n) is 17.5. The van der Waals surface area contributed by atoms with Gasteiger partial charge in [0, 0.05) is 23.0 Å². The molecule has 1 aliphatic rings. The Morgan fingerprint density at radius 1 is 1.09 bits per heavy atom. The number of aromatic amines is 1. The Bertz CT molecular complexity index is 1350. The molecule has 1 aliphatic heterocycles. The minimum Gasteiger partial charge on any atom is -0.383 e. The van der Waals surface area contributed by atoms with E-state index in [4.69, 9.17) is 10.5 Å². The van der Waals surface area contributed by atoms with Crippen molar-refractivity contribution in [3.05, 3.63) is 95.6 Å². The van der Waals surface area contributed by atoms with Crippen molar-refractivity contribution in [2.24, 2.45) is 10.7 Å². The van der Waals surface area contributed by atoms with E-state index >= 15 is 0 Å². The van der Waals surface area contributed by atoms with Gasteiger partial charge in [-0.1, -0.05) is 18.2 Å². The van der Waals surface area contributed by atoms with Gasteiger partial charge >= 0.3 is 0 Å². The summed E-state index contributed by atoms with van der Waals surface area (Å²) in [5.41, 5.74) is 11.0. The van der Waals surface area contributed by atoms with Crippen LogP contribution in [-0.2, 0) is 11.3 Å². The van der Waals surface area contributed by atoms with Crippen molar-refractivity contribution >= 4 is 28.8 Å². The topological polar surface area (TPSA) is 105 Å². The van der Waals surface area contributed by atoms with Gasteiger partial charge in [0.25, 0.3) is 0 Å². The monoisotopic (exact) mass is 441 g/mol. The number of Topliss-reactive ketones (excluding diaryl/α,β-unsaturated/α-hetero) is 1. The van der Waals surface area contributed by atoms with Gasteiger partial charge < -0.3 is 20.8 Å². The van der Waals surface area contributed by atoms with Crippen LogP contribution in [0.4, 0.5) is 21.6 Å². The molecule has 2 aromatic carbocycles. The number of hydrogen-bond donors (Lipinski definition) is 3. The third kappa shape index (κ3) is 4.24. The fourth-order valence-corrected chi connectivity index (χ4v) is 3.74. The summed E-state index contributed by atoms with van der Waals surface area (Å²) >= 11 is 0. The fourth-order valence-electron chi connectivity index (χ4n) is 3.74. The maximum absolute atomic E-state index is 13.2. The van der Waals surface area contributed by atoms with E-state index in [9.17, 15) is 9.18 Å². The Hall–Kier alpha value is -4.30. The zero-order valence-corrected chi connectivity index (χ0v) is 17.5. The number of hydrogen-bond acceptors (Lipinski definition) is 5. The number of H-pyrrole nitrogens is 1. The first-order valence-corrected chi connectivity index (χ1v) is 10.3. The van der Waals surface area contributed by atoms with Crippen molar-refractivity contribution in [3.8, 4) is 11.3 Å². The lowest BCUT2D eigenvalue weighted by atomic mass is 10.0. The minimum absolute atomic E-state index is 0.0356. The number of nitrogens with two attached hydrogens (primary N) is 1. The Labute approximate surface area is 189 Å². The average Bonchev–Trinajstić information content (AvgIpc) is 3.20. The first-order chi connectivity index (χ1) is 16.1. The van der Waals surface area contributed by atoms with Crippen LogP contribution in [0.15, 0.2) is 77.9 Å². The van der Waals surface area contributed by atoms with Gasteiger partial charge in [-0.25, -0.2) is 14.4 Å². The molecule has 0 unspecified atom stereocenters. The largest absolute Gasteiger partial charge is 0.383 e. The summed E-state index contributed by atoms with van der Waals surface area (Å²) in [7, 11) is 0. The number of para-hydroxylation sites is 1. The van der Waals surface area contributed by atoms with Gasteiger partial charge in [-0.2, -0.15) is 0 Å². The van der Waals surface area contributed by atoms with E-state index in [2.05, 4.69) is 20.3 Å². The molecule has 0 aliphatic carbocycles. The van der Waals surface area contributed by atoms with E-state index < -0.39 is 0 Å². The summed E-state index contributed by atoms with van der Waals surface area (Å²) in [6.07, 6.45) is 1.62. The van der Waals surface area contributed by atoms with Crippen LogP contribution in [0, 0.1) is 5.82 Å².